The second-order valence-electron chi connectivity index (χ2n) is 3.74. The van der Waals surface area contributed by atoms with Gasteiger partial charge in [-0.2, -0.15) is 0 Å². The molecule has 0 bridgehead atoms. The van der Waals surface area contributed by atoms with E-state index in [1.807, 2.05) is 0 Å². The number of hydrogen-bond acceptors (Lipinski definition) is 4. The van der Waals surface area contributed by atoms with Gasteiger partial charge in [0.2, 0.25) is 23.3 Å². The summed E-state index contributed by atoms with van der Waals surface area (Å²) in [6.45, 7) is 1.19. The Morgan fingerprint density at radius 2 is 2.05 bits per heavy atom. The summed E-state index contributed by atoms with van der Waals surface area (Å²) in [6, 6.07) is 3.91. The molecule has 100 valence electrons. The van der Waals surface area contributed by atoms with Crippen LogP contribution in [0.4, 0.5) is 10.3 Å². The number of carbonyl (C=O) groups excluding carboxylic acids is 1. The van der Waals surface area contributed by atoms with Crippen molar-refractivity contribution < 1.29 is 23.8 Å². The largest absolute Gasteiger partial charge is 0.502 e. The molecular formula is C12H9ClFNO4. The molecule has 0 aliphatic carbocycles. The fraction of sp³-hybridized carbons (Fsp3) is 0.0833. The molecule has 0 atom stereocenters. The normalized spacial score (nSPS) is 10.5. The Morgan fingerprint density at radius 3 is 2.63 bits per heavy atom. The van der Waals surface area contributed by atoms with Crippen molar-refractivity contribution >= 4 is 23.4 Å². The number of benzene rings is 1. The van der Waals surface area contributed by atoms with Gasteiger partial charge in [-0.25, -0.2) is 4.39 Å². The predicted octanol–water partition coefficient (Wildman–Crippen LogP) is 3.11. The zero-order valence-electron chi connectivity index (χ0n) is 9.70. The zero-order chi connectivity index (χ0) is 14.2. The fourth-order valence-corrected chi connectivity index (χ4v) is 1.79. The smallest absolute Gasteiger partial charge is 0.246 e. The first-order chi connectivity index (χ1) is 8.91. The lowest BCUT2D eigenvalue weighted by atomic mass is 10.1. The van der Waals surface area contributed by atoms with Gasteiger partial charge in [-0.05, 0) is 12.1 Å². The first-order valence-electron chi connectivity index (χ1n) is 5.18. The Hall–Kier alpha value is -2.21. The van der Waals surface area contributed by atoms with Crippen LogP contribution in [0.25, 0.3) is 11.3 Å². The molecule has 0 aliphatic heterocycles. The zero-order valence-corrected chi connectivity index (χ0v) is 10.5. The van der Waals surface area contributed by atoms with Crippen LogP contribution >= 0.6 is 11.6 Å². The Kier molecular flexibility index (Phi) is 3.35. The van der Waals surface area contributed by atoms with Crippen molar-refractivity contribution in [3.05, 3.63) is 29.0 Å². The highest BCUT2D eigenvalue weighted by atomic mass is 35.5. The molecule has 2 aromatic rings. The lowest BCUT2D eigenvalue weighted by Gasteiger charge is -2.02. The van der Waals surface area contributed by atoms with Crippen LogP contribution < -0.4 is 5.32 Å². The van der Waals surface area contributed by atoms with E-state index in [1.54, 1.807) is 0 Å². The van der Waals surface area contributed by atoms with E-state index in [4.69, 9.17) is 16.0 Å². The van der Waals surface area contributed by atoms with E-state index in [0.717, 1.165) is 6.07 Å². The summed E-state index contributed by atoms with van der Waals surface area (Å²) in [4.78, 5) is 10.9. The molecule has 1 aromatic carbocycles. The molecule has 7 heteroatoms. The van der Waals surface area contributed by atoms with Crippen LogP contribution in [0.3, 0.4) is 0 Å². The van der Waals surface area contributed by atoms with E-state index in [-0.39, 0.29) is 22.2 Å². The SMILES string of the molecule is CC(=O)Nc1oc(-c2c(F)cccc2Cl)c(O)c1O. The molecule has 1 amide bonds. The third kappa shape index (κ3) is 2.34. The highest BCUT2D eigenvalue weighted by molar-refractivity contribution is 6.33. The summed E-state index contributed by atoms with van der Waals surface area (Å²) in [5.74, 6) is -3.37. The third-order valence-electron chi connectivity index (χ3n) is 2.34. The molecule has 1 aromatic heterocycles. The van der Waals surface area contributed by atoms with E-state index < -0.39 is 23.2 Å². The molecule has 0 spiro atoms. The van der Waals surface area contributed by atoms with E-state index in [1.165, 1.54) is 19.1 Å². The average Bonchev–Trinajstić information content (AvgIpc) is 2.57. The summed E-state index contributed by atoms with van der Waals surface area (Å²) < 4.78 is 18.7. The van der Waals surface area contributed by atoms with E-state index >= 15 is 0 Å². The Morgan fingerprint density at radius 1 is 1.37 bits per heavy atom. The maximum atomic E-state index is 13.7. The number of furan rings is 1. The fourth-order valence-electron chi connectivity index (χ4n) is 1.54. The first kappa shape index (κ1) is 13.2. The van der Waals surface area contributed by atoms with Crippen molar-refractivity contribution in [2.45, 2.75) is 6.92 Å². The molecule has 0 saturated carbocycles. The number of aromatic hydroxyl groups is 2. The Balaban J connectivity index is 2.61. The van der Waals surface area contributed by atoms with Crippen LogP contribution in [0.15, 0.2) is 22.6 Å². The van der Waals surface area contributed by atoms with Crippen molar-refractivity contribution in [2.24, 2.45) is 0 Å². The molecule has 5 nitrogen and oxygen atoms in total. The van der Waals surface area contributed by atoms with Crippen molar-refractivity contribution in [3.63, 3.8) is 0 Å². The number of halogens is 2. The predicted molar refractivity (Wildman–Crippen MR) is 66.7 cm³/mol. The van der Waals surface area contributed by atoms with Crippen LogP contribution in [0.5, 0.6) is 11.5 Å². The minimum Gasteiger partial charge on any atom is -0.502 e. The van der Waals surface area contributed by atoms with Crippen molar-refractivity contribution in [1.29, 1.82) is 0 Å². The molecule has 19 heavy (non-hydrogen) atoms. The van der Waals surface area contributed by atoms with Gasteiger partial charge >= 0.3 is 0 Å². The average molecular weight is 286 g/mol. The molecule has 0 saturated heterocycles. The third-order valence-corrected chi connectivity index (χ3v) is 2.65. The molecule has 0 aliphatic rings. The number of nitrogens with one attached hydrogen (secondary N) is 1. The Bertz CT molecular complexity index is 633. The highest BCUT2D eigenvalue weighted by Crippen LogP contribution is 2.47. The summed E-state index contributed by atoms with van der Waals surface area (Å²) in [5, 5.41) is 21.5. The van der Waals surface area contributed by atoms with E-state index in [2.05, 4.69) is 5.32 Å². The summed E-state index contributed by atoms with van der Waals surface area (Å²) in [5.41, 5.74) is -0.200. The van der Waals surface area contributed by atoms with Gasteiger partial charge in [-0.3, -0.25) is 10.1 Å². The monoisotopic (exact) mass is 285 g/mol. The highest BCUT2D eigenvalue weighted by Gasteiger charge is 2.25. The lowest BCUT2D eigenvalue weighted by Crippen LogP contribution is -2.04. The molecule has 0 unspecified atom stereocenters. The second kappa shape index (κ2) is 4.81. The Labute approximate surface area is 112 Å². The minimum atomic E-state index is -0.731. The van der Waals surface area contributed by atoms with Crippen molar-refractivity contribution in [1.82, 2.24) is 0 Å². The van der Waals surface area contributed by atoms with Crippen LogP contribution in [-0.4, -0.2) is 16.1 Å². The van der Waals surface area contributed by atoms with Crippen LogP contribution in [-0.2, 0) is 4.79 Å². The van der Waals surface area contributed by atoms with Crippen LogP contribution in [0, 0.1) is 5.82 Å². The van der Waals surface area contributed by atoms with Gasteiger partial charge in [-0.15, -0.1) is 0 Å². The second-order valence-corrected chi connectivity index (χ2v) is 4.14. The number of anilines is 1. The number of hydrogen-bond donors (Lipinski definition) is 3. The van der Waals surface area contributed by atoms with Crippen molar-refractivity contribution in [3.8, 4) is 22.8 Å². The van der Waals surface area contributed by atoms with Gasteiger partial charge in [-0.1, -0.05) is 17.7 Å². The maximum absolute atomic E-state index is 13.7. The van der Waals surface area contributed by atoms with Gasteiger partial charge in [0.1, 0.15) is 5.82 Å². The van der Waals surface area contributed by atoms with Gasteiger partial charge in [0.15, 0.2) is 5.76 Å². The van der Waals surface area contributed by atoms with Gasteiger partial charge in [0, 0.05) is 6.92 Å². The molecule has 3 N–H and O–H groups in total. The molecule has 1 heterocycles. The van der Waals surface area contributed by atoms with Gasteiger partial charge in [0.05, 0.1) is 10.6 Å². The molecule has 0 radical (unpaired) electrons. The summed E-state index contributed by atoms with van der Waals surface area (Å²) in [7, 11) is 0. The molecule has 0 fully saturated rings. The van der Waals surface area contributed by atoms with Crippen LogP contribution in [0.1, 0.15) is 6.92 Å². The number of carbonyl (C=O) groups is 1. The van der Waals surface area contributed by atoms with E-state index in [0.29, 0.717) is 0 Å². The maximum Gasteiger partial charge on any atom is 0.246 e. The number of amides is 1. The van der Waals surface area contributed by atoms with Gasteiger partial charge in [0.25, 0.3) is 0 Å². The topological polar surface area (TPSA) is 82.7 Å². The van der Waals surface area contributed by atoms with Crippen molar-refractivity contribution in [2.75, 3.05) is 5.32 Å². The lowest BCUT2D eigenvalue weighted by molar-refractivity contribution is -0.114. The summed E-state index contributed by atoms with van der Waals surface area (Å²) in [6.07, 6.45) is 0. The van der Waals surface area contributed by atoms with E-state index in [9.17, 15) is 19.4 Å². The minimum absolute atomic E-state index is 0.00146. The molecule has 2 rings (SSSR count). The standard InChI is InChI=1S/C12H9ClFNO4/c1-5(16)15-12-10(18)9(17)11(19-12)8-6(13)3-2-4-7(8)14/h2-4,17-18H,1H3,(H,15,16). The van der Waals surface area contributed by atoms with Crippen LogP contribution in [0.2, 0.25) is 5.02 Å². The molecular weight excluding hydrogens is 277 g/mol. The summed E-state index contributed by atoms with van der Waals surface area (Å²) >= 11 is 5.82. The number of rotatable bonds is 2. The quantitative estimate of drug-likeness (QED) is 0.792. The first-order valence-corrected chi connectivity index (χ1v) is 5.56. The van der Waals surface area contributed by atoms with Gasteiger partial charge < -0.3 is 14.6 Å².